The molecule has 3 rings (SSSR count). The summed E-state index contributed by atoms with van der Waals surface area (Å²) in [5.41, 5.74) is 0.896. The van der Waals surface area contributed by atoms with E-state index in [0.717, 1.165) is 31.6 Å². The fraction of sp³-hybridized carbons (Fsp3) is 0.588. The lowest BCUT2D eigenvalue weighted by Gasteiger charge is -2.37. The Morgan fingerprint density at radius 1 is 1.09 bits per heavy atom. The molecule has 5 heteroatoms. The largest absolute Gasteiger partial charge is 0.368 e. The molecule has 0 spiro atoms. The Balaban J connectivity index is 1.49. The van der Waals surface area contributed by atoms with Crippen LogP contribution in [0.15, 0.2) is 24.3 Å². The number of nitrogens with one attached hydrogen (secondary N) is 1. The lowest BCUT2D eigenvalue weighted by molar-refractivity contribution is 0.186. The molecule has 1 N–H and O–H groups in total. The Bertz CT molecular complexity index is 508. The normalized spacial score (nSPS) is 20.0. The summed E-state index contributed by atoms with van der Waals surface area (Å²) < 4.78 is 13.3. The van der Waals surface area contributed by atoms with Crippen molar-refractivity contribution in [2.24, 2.45) is 0 Å². The van der Waals surface area contributed by atoms with Crippen LogP contribution in [0, 0.1) is 5.82 Å². The summed E-state index contributed by atoms with van der Waals surface area (Å²) >= 11 is 0. The topological polar surface area (TPSA) is 35.6 Å². The Hall–Kier alpha value is -1.78. The smallest absolute Gasteiger partial charge is 0.317 e. The molecular weight excluding hydrogens is 281 g/mol. The number of carbonyl (C=O) groups excluding carboxylic acids is 1. The first-order valence-corrected chi connectivity index (χ1v) is 8.28. The van der Waals surface area contributed by atoms with E-state index in [1.54, 1.807) is 12.1 Å². The average Bonchev–Trinajstić information content (AvgIpc) is 2.56. The van der Waals surface area contributed by atoms with Gasteiger partial charge in [0.2, 0.25) is 0 Å². The molecular formula is C17H24FN3O. The molecule has 0 bridgehead atoms. The fourth-order valence-electron chi connectivity index (χ4n) is 3.35. The molecule has 4 nitrogen and oxygen atoms in total. The highest BCUT2D eigenvalue weighted by atomic mass is 19.1. The number of nitrogens with zero attached hydrogens (tertiary/aromatic N) is 2. The molecule has 0 radical (unpaired) electrons. The minimum absolute atomic E-state index is 0.0609. The number of amides is 2. The van der Waals surface area contributed by atoms with Gasteiger partial charge in [-0.3, -0.25) is 0 Å². The van der Waals surface area contributed by atoms with Gasteiger partial charge in [0, 0.05) is 37.9 Å². The lowest BCUT2D eigenvalue weighted by atomic mass is 9.96. The summed E-state index contributed by atoms with van der Waals surface area (Å²) in [6.07, 6.45) is 5.94. The minimum atomic E-state index is -0.213. The number of piperazine rings is 1. The van der Waals surface area contributed by atoms with Gasteiger partial charge in [-0.2, -0.15) is 0 Å². The molecule has 1 aromatic carbocycles. The number of halogens is 1. The number of benzene rings is 1. The third kappa shape index (κ3) is 3.70. The van der Waals surface area contributed by atoms with Crippen LogP contribution in [0.3, 0.4) is 0 Å². The van der Waals surface area contributed by atoms with Crippen molar-refractivity contribution in [2.75, 3.05) is 31.1 Å². The van der Waals surface area contributed by atoms with E-state index in [4.69, 9.17) is 0 Å². The quantitative estimate of drug-likeness (QED) is 0.912. The van der Waals surface area contributed by atoms with E-state index in [0.29, 0.717) is 19.1 Å². The molecule has 120 valence electrons. The molecule has 2 aliphatic rings. The van der Waals surface area contributed by atoms with E-state index in [1.807, 2.05) is 11.0 Å². The zero-order chi connectivity index (χ0) is 15.4. The van der Waals surface area contributed by atoms with Crippen LogP contribution in [0.2, 0.25) is 0 Å². The van der Waals surface area contributed by atoms with Gasteiger partial charge >= 0.3 is 6.03 Å². The molecule has 0 aromatic heterocycles. The first kappa shape index (κ1) is 15.1. The molecule has 1 aliphatic carbocycles. The predicted octanol–water partition coefficient (Wildman–Crippen LogP) is 2.99. The standard InChI is InChI=1S/C17H24FN3O/c18-14-5-4-8-16(13-14)20-9-11-21(12-10-20)17(22)19-15-6-2-1-3-7-15/h4-5,8,13,15H,1-3,6-7,9-12H2,(H,19,22). The van der Waals surface area contributed by atoms with Crippen molar-refractivity contribution in [3.8, 4) is 0 Å². The molecule has 1 heterocycles. The summed E-state index contributed by atoms with van der Waals surface area (Å²) in [6, 6.07) is 7.07. The number of anilines is 1. The maximum absolute atomic E-state index is 13.3. The number of carbonyl (C=O) groups is 1. The average molecular weight is 305 g/mol. The zero-order valence-corrected chi connectivity index (χ0v) is 12.9. The van der Waals surface area contributed by atoms with E-state index in [-0.39, 0.29) is 11.8 Å². The van der Waals surface area contributed by atoms with E-state index < -0.39 is 0 Å². The molecule has 1 aliphatic heterocycles. The zero-order valence-electron chi connectivity index (χ0n) is 12.9. The Labute approximate surface area is 131 Å². The summed E-state index contributed by atoms with van der Waals surface area (Å²) in [6.45, 7) is 2.88. The molecule has 22 heavy (non-hydrogen) atoms. The summed E-state index contributed by atoms with van der Waals surface area (Å²) in [7, 11) is 0. The molecule has 1 saturated heterocycles. The predicted molar refractivity (Wildman–Crippen MR) is 85.6 cm³/mol. The van der Waals surface area contributed by atoms with E-state index in [2.05, 4.69) is 10.2 Å². The van der Waals surface area contributed by atoms with Crippen molar-refractivity contribution >= 4 is 11.7 Å². The van der Waals surface area contributed by atoms with Crippen molar-refractivity contribution in [2.45, 2.75) is 38.1 Å². The molecule has 2 fully saturated rings. The second-order valence-electron chi connectivity index (χ2n) is 6.24. The van der Waals surface area contributed by atoms with Crippen LogP contribution in [0.25, 0.3) is 0 Å². The molecule has 1 saturated carbocycles. The highest BCUT2D eigenvalue weighted by molar-refractivity contribution is 5.75. The van der Waals surface area contributed by atoms with Gasteiger partial charge in [-0.1, -0.05) is 25.3 Å². The first-order valence-electron chi connectivity index (χ1n) is 8.28. The van der Waals surface area contributed by atoms with Crippen molar-refractivity contribution in [1.82, 2.24) is 10.2 Å². The van der Waals surface area contributed by atoms with Crippen LogP contribution in [0.5, 0.6) is 0 Å². The number of hydrogen-bond acceptors (Lipinski definition) is 2. The van der Waals surface area contributed by atoms with Gasteiger partial charge in [-0.25, -0.2) is 9.18 Å². The highest BCUT2D eigenvalue weighted by Crippen LogP contribution is 2.19. The summed E-state index contributed by atoms with van der Waals surface area (Å²) in [5.74, 6) is -0.213. The molecule has 0 atom stereocenters. The van der Waals surface area contributed by atoms with Crippen molar-refractivity contribution < 1.29 is 9.18 Å². The Kier molecular flexibility index (Phi) is 4.80. The highest BCUT2D eigenvalue weighted by Gasteiger charge is 2.24. The van der Waals surface area contributed by atoms with Crippen LogP contribution in [0.1, 0.15) is 32.1 Å². The first-order chi connectivity index (χ1) is 10.7. The van der Waals surface area contributed by atoms with Gasteiger partial charge in [0.1, 0.15) is 5.82 Å². The SMILES string of the molecule is O=C(NC1CCCCC1)N1CCN(c2cccc(F)c2)CC1. The van der Waals surface area contributed by atoms with Crippen LogP contribution in [-0.4, -0.2) is 43.2 Å². The minimum Gasteiger partial charge on any atom is -0.368 e. The second kappa shape index (κ2) is 6.99. The summed E-state index contributed by atoms with van der Waals surface area (Å²) in [5, 5.41) is 3.16. The summed E-state index contributed by atoms with van der Waals surface area (Å²) in [4.78, 5) is 16.3. The third-order valence-electron chi connectivity index (χ3n) is 4.67. The van der Waals surface area contributed by atoms with Crippen molar-refractivity contribution in [3.05, 3.63) is 30.1 Å². The van der Waals surface area contributed by atoms with Gasteiger partial charge in [-0.05, 0) is 31.0 Å². The van der Waals surface area contributed by atoms with Gasteiger partial charge in [-0.15, -0.1) is 0 Å². The molecule has 0 unspecified atom stereocenters. The van der Waals surface area contributed by atoms with E-state index in [9.17, 15) is 9.18 Å². The van der Waals surface area contributed by atoms with Crippen LogP contribution < -0.4 is 10.2 Å². The van der Waals surface area contributed by atoms with Gasteiger partial charge < -0.3 is 15.1 Å². The van der Waals surface area contributed by atoms with E-state index in [1.165, 1.54) is 25.3 Å². The van der Waals surface area contributed by atoms with Gasteiger partial charge in [0.15, 0.2) is 0 Å². The maximum atomic E-state index is 13.3. The second-order valence-corrected chi connectivity index (χ2v) is 6.24. The van der Waals surface area contributed by atoms with Gasteiger partial charge in [0.05, 0.1) is 0 Å². The maximum Gasteiger partial charge on any atom is 0.317 e. The monoisotopic (exact) mass is 305 g/mol. The van der Waals surface area contributed by atoms with Crippen LogP contribution in [0.4, 0.5) is 14.9 Å². The van der Waals surface area contributed by atoms with E-state index >= 15 is 0 Å². The number of rotatable bonds is 2. The fourth-order valence-corrected chi connectivity index (χ4v) is 3.35. The number of urea groups is 1. The van der Waals surface area contributed by atoms with Crippen molar-refractivity contribution in [3.63, 3.8) is 0 Å². The number of hydrogen-bond donors (Lipinski definition) is 1. The molecule has 1 aromatic rings. The Morgan fingerprint density at radius 3 is 2.50 bits per heavy atom. The lowest BCUT2D eigenvalue weighted by Crippen LogP contribution is -2.53. The van der Waals surface area contributed by atoms with Gasteiger partial charge in [0.25, 0.3) is 0 Å². The van der Waals surface area contributed by atoms with Crippen LogP contribution >= 0.6 is 0 Å². The third-order valence-corrected chi connectivity index (χ3v) is 4.67. The van der Waals surface area contributed by atoms with Crippen LogP contribution in [-0.2, 0) is 0 Å². The Morgan fingerprint density at radius 2 is 1.82 bits per heavy atom. The van der Waals surface area contributed by atoms with Crippen molar-refractivity contribution in [1.29, 1.82) is 0 Å². The molecule has 2 amide bonds.